The molecule has 0 bridgehead atoms. The van der Waals surface area contributed by atoms with Crippen LogP contribution in [-0.2, 0) is 9.59 Å². The first kappa shape index (κ1) is 23.5. The summed E-state index contributed by atoms with van der Waals surface area (Å²) in [5, 5.41) is 5.81. The van der Waals surface area contributed by atoms with Gasteiger partial charge in [0.05, 0.1) is 41.4 Å². The Morgan fingerprint density at radius 2 is 1.91 bits per heavy atom. The molecule has 0 radical (unpaired) electrons. The van der Waals surface area contributed by atoms with Gasteiger partial charge in [-0.15, -0.1) is 0 Å². The Bertz CT molecular complexity index is 957. The standard InChI is InChI=1S/C24H32N6O2/c1-4-19-8-9-25-13-17(2)21(15-27-19)24(32)29-22-12-20(14-26-18(22)3)28-23(31)16-30-10-6-5-7-11-30/h8-9,12-15,19H,4-7,10-11,16H2,1-3H3,(H,28,31)(H,29,32)/b9-8-,21-17-,25-13-,27-15?. The fraction of sp³-hybridized carbons (Fsp3) is 0.458. The summed E-state index contributed by atoms with van der Waals surface area (Å²) in [7, 11) is 0. The van der Waals surface area contributed by atoms with E-state index in [1.54, 1.807) is 30.9 Å². The first-order chi connectivity index (χ1) is 15.5. The molecule has 0 saturated carbocycles. The molecule has 170 valence electrons. The van der Waals surface area contributed by atoms with Gasteiger partial charge in [0, 0.05) is 18.6 Å². The van der Waals surface area contributed by atoms with Gasteiger partial charge in [-0.05, 0) is 63.9 Å². The first-order valence-electron chi connectivity index (χ1n) is 11.2. The molecule has 1 unspecified atom stereocenters. The molecule has 1 fully saturated rings. The lowest BCUT2D eigenvalue weighted by atomic mass is 10.1. The molecular formula is C24H32N6O2. The van der Waals surface area contributed by atoms with E-state index in [1.165, 1.54) is 6.42 Å². The van der Waals surface area contributed by atoms with Crippen LogP contribution < -0.4 is 10.6 Å². The third kappa shape index (κ3) is 6.68. The number of likely N-dealkylation sites (tertiary alicyclic amines) is 1. The second kappa shape index (κ2) is 11.5. The highest BCUT2D eigenvalue weighted by molar-refractivity contribution is 6.21. The van der Waals surface area contributed by atoms with Crippen molar-refractivity contribution in [3.63, 3.8) is 0 Å². The van der Waals surface area contributed by atoms with E-state index >= 15 is 0 Å². The molecule has 32 heavy (non-hydrogen) atoms. The van der Waals surface area contributed by atoms with Gasteiger partial charge >= 0.3 is 0 Å². The second-order valence-corrected chi connectivity index (χ2v) is 8.17. The predicted molar refractivity (Wildman–Crippen MR) is 129 cm³/mol. The third-order valence-electron chi connectivity index (χ3n) is 5.58. The van der Waals surface area contributed by atoms with Gasteiger partial charge in [-0.2, -0.15) is 0 Å². The molecule has 2 N–H and O–H groups in total. The highest BCUT2D eigenvalue weighted by Crippen LogP contribution is 2.19. The molecule has 1 atom stereocenters. The quantitative estimate of drug-likeness (QED) is 0.713. The summed E-state index contributed by atoms with van der Waals surface area (Å²) in [5.74, 6) is -0.373. The number of aromatic nitrogens is 1. The summed E-state index contributed by atoms with van der Waals surface area (Å²) < 4.78 is 0. The van der Waals surface area contributed by atoms with Crippen LogP contribution in [-0.4, -0.2) is 59.8 Å². The Kier molecular flexibility index (Phi) is 8.44. The summed E-state index contributed by atoms with van der Waals surface area (Å²) >= 11 is 0. The number of rotatable bonds is 6. The molecule has 2 aliphatic heterocycles. The molecule has 0 aromatic carbocycles. The Hall–Kier alpha value is -3.13. The van der Waals surface area contributed by atoms with Crippen molar-refractivity contribution in [3.8, 4) is 0 Å². The number of nitrogens with zero attached hydrogens (tertiary/aromatic N) is 4. The van der Waals surface area contributed by atoms with Crippen molar-refractivity contribution in [1.82, 2.24) is 9.88 Å². The zero-order chi connectivity index (χ0) is 22.9. The van der Waals surface area contributed by atoms with Crippen LogP contribution in [0.2, 0.25) is 0 Å². The number of hydrogen-bond acceptors (Lipinski definition) is 6. The maximum absolute atomic E-state index is 13.0. The molecule has 0 spiro atoms. The van der Waals surface area contributed by atoms with Crippen LogP contribution in [0.5, 0.6) is 0 Å². The molecule has 8 nitrogen and oxygen atoms in total. The van der Waals surface area contributed by atoms with Crippen molar-refractivity contribution in [2.24, 2.45) is 9.98 Å². The fourth-order valence-electron chi connectivity index (χ4n) is 3.61. The summed E-state index contributed by atoms with van der Waals surface area (Å²) in [4.78, 5) is 40.7. The molecule has 1 saturated heterocycles. The normalized spacial score (nSPS) is 23.5. The monoisotopic (exact) mass is 436 g/mol. The number of carbonyl (C=O) groups excluding carboxylic acids is 2. The van der Waals surface area contributed by atoms with Gasteiger partial charge in [0.15, 0.2) is 0 Å². The van der Waals surface area contributed by atoms with Crippen LogP contribution in [0, 0.1) is 6.92 Å². The van der Waals surface area contributed by atoms with Gasteiger partial charge in [-0.25, -0.2) is 0 Å². The van der Waals surface area contributed by atoms with Gasteiger partial charge in [-0.3, -0.25) is 29.5 Å². The average Bonchev–Trinajstić information content (AvgIpc) is 2.87. The number of carbonyl (C=O) groups is 2. The minimum absolute atomic E-state index is 0.0253. The lowest BCUT2D eigenvalue weighted by Gasteiger charge is -2.25. The molecule has 3 heterocycles. The van der Waals surface area contributed by atoms with Crippen LogP contribution in [0.3, 0.4) is 0 Å². The number of allylic oxidation sites excluding steroid dienone is 1. The number of piperidine rings is 1. The largest absolute Gasteiger partial charge is 0.324 e. The number of amides is 2. The number of pyridine rings is 1. The SMILES string of the molecule is CCC1\C=C/N=C\C(C)=C(/C(=O)Nc2cc(NC(=O)CN3CCCCC3)cnc2C)C=N1. The molecular weight excluding hydrogens is 404 g/mol. The predicted octanol–water partition coefficient (Wildman–Crippen LogP) is 3.52. The zero-order valence-electron chi connectivity index (χ0n) is 19.1. The summed E-state index contributed by atoms with van der Waals surface area (Å²) in [5.41, 5.74) is 2.91. The average molecular weight is 437 g/mol. The van der Waals surface area contributed by atoms with Crippen molar-refractivity contribution < 1.29 is 9.59 Å². The Morgan fingerprint density at radius 1 is 1.12 bits per heavy atom. The van der Waals surface area contributed by atoms with Crippen LogP contribution in [0.25, 0.3) is 0 Å². The smallest absolute Gasteiger partial charge is 0.257 e. The Labute approximate surface area is 189 Å². The van der Waals surface area contributed by atoms with E-state index in [-0.39, 0.29) is 17.9 Å². The molecule has 8 heteroatoms. The second-order valence-electron chi connectivity index (χ2n) is 8.17. The van der Waals surface area contributed by atoms with Crippen LogP contribution in [0.1, 0.15) is 45.2 Å². The number of aryl methyl sites for hydroxylation is 1. The Balaban J connectivity index is 1.71. The zero-order valence-corrected chi connectivity index (χ0v) is 19.1. The van der Waals surface area contributed by atoms with Crippen LogP contribution >= 0.6 is 0 Å². The summed E-state index contributed by atoms with van der Waals surface area (Å²) in [6.07, 6.45) is 12.8. The number of hydrogen-bond donors (Lipinski definition) is 2. The van der Waals surface area contributed by atoms with E-state index < -0.39 is 0 Å². The topological polar surface area (TPSA) is 99.0 Å². The van der Waals surface area contributed by atoms with E-state index in [0.29, 0.717) is 34.8 Å². The third-order valence-corrected chi connectivity index (χ3v) is 5.58. The molecule has 2 aliphatic rings. The lowest BCUT2D eigenvalue weighted by molar-refractivity contribution is -0.117. The molecule has 3 rings (SSSR count). The minimum Gasteiger partial charge on any atom is -0.324 e. The van der Waals surface area contributed by atoms with E-state index in [0.717, 1.165) is 32.4 Å². The van der Waals surface area contributed by atoms with Crippen molar-refractivity contribution >= 4 is 35.6 Å². The van der Waals surface area contributed by atoms with Crippen molar-refractivity contribution in [2.45, 2.75) is 52.5 Å². The van der Waals surface area contributed by atoms with Crippen LogP contribution in [0.4, 0.5) is 11.4 Å². The summed E-state index contributed by atoms with van der Waals surface area (Å²) in [6.45, 7) is 7.94. The van der Waals surface area contributed by atoms with Crippen LogP contribution in [0.15, 0.2) is 45.7 Å². The molecule has 2 amide bonds. The first-order valence-corrected chi connectivity index (χ1v) is 11.2. The maximum atomic E-state index is 13.0. The highest BCUT2D eigenvalue weighted by atomic mass is 16.2. The van der Waals surface area contributed by atoms with E-state index in [2.05, 4.69) is 30.5 Å². The van der Waals surface area contributed by atoms with E-state index in [9.17, 15) is 9.59 Å². The molecule has 0 aliphatic carbocycles. The van der Waals surface area contributed by atoms with E-state index in [1.807, 2.05) is 26.8 Å². The minimum atomic E-state index is -0.295. The fourth-order valence-corrected chi connectivity index (χ4v) is 3.61. The van der Waals surface area contributed by atoms with Gasteiger partial charge in [0.1, 0.15) is 0 Å². The van der Waals surface area contributed by atoms with Gasteiger partial charge in [0.25, 0.3) is 5.91 Å². The van der Waals surface area contributed by atoms with Crippen molar-refractivity contribution in [3.05, 3.63) is 41.4 Å². The molecule has 1 aromatic rings. The number of anilines is 2. The van der Waals surface area contributed by atoms with Gasteiger partial charge in [-0.1, -0.05) is 13.3 Å². The Morgan fingerprint density at radius 3 is 2.66 bits per heavy atom. The lowest BCUT2D eigenvalue weighted by Crippen LogP contribution is -2.36. The highest BCUT2D eigenvalue weighted by Gasteiger charge is 2.16. The van der Waals surface area contributed by atoms with Crippen molar-refractivity contribution in [1.29, 1.82) is 0 Å². The van der Waals surface area contributed by atoms with Gasteiger partial charge in [0.2, 0.25) is 5.91 Å². The molecule has 1 aromatic heterocycles. The maximum Gasteiger partial charge on any atom is 0.257 e. The van der Waals surface area contributed by atoms with E-state index in [4.69, 9.17) is 0 Å². The van der Waals surface area contributed by atoms with Gasteiger partial charge < -0.3 is 10.6 Å². The summed E-state index contributed by atoms with van der Waals surface area (Å²) in [6, 6.07) is 1.71. The number of nitrogens with one attached hydrogen (secondary N) is 2. The number of aliphatic imine (C=N–C) groups is 2. The van der Waals surface area contributed by atoms with Crippen molar-refractivity contribution in [2.75, 3.05) is 30.3 Å².